The highest BCUT2D eigenvalue weighted by Crippen LogP contribution is 2.25. The van der Waals surface area contributed by atoms with Crippen LogP contribution in [-0.2, 0) is 6.42 Å². The number of hydrogen-bond donors (Lipinski definition) is 2. The summed E-state index contributed by atoms with van der Waals surface area (Å²) < 4.78 is 23.9. The number of halogens is 2. The lowest BCUT2D eigenvalue weighted by molar-refractivity contribution is 0.252. The lowest BCUT2D eigenvalue weighted by Gasteiger charge is -2.02. The lowest BCUT2D eigenvalue weighted by Crippen LogP contribution is -2.12. The van der Waals surface area contributed by atoms with Crippen molar-refractivity contribution in [2.75, 3.05) is 0 Å². The average molecular weight is 216 g/mol. The third-order valence-corrected chi connectivity index (χ3v) is 2.27. The minimum absolute atomic E-state index is 0.0688. The molecule has 2 nitrogen and oxygen atoms in total. The molecule has 1 rings (SSSR count). The normalized spacial score (nSPS) is 10.5. The Morgan fingerprint density at radius 1 is 1.36 bits per heavy atom. The van der Waals surface area contributed by atoms with Crippen LogP contribution in [0.25, 0.3) is 0 Å². The predicted molar refractivity (Wildman–Crippen MR) is 53.9 cm³/mol. The van der Waals surface area contributed by atoms with Gasteiger partial charge in [-0.2, -0.15) is 8.78 Å². The van der Waals surface area contributed by atoms with Gasteiger partial charge in [0, 0.05) is 11.3 Å². The molecule has 0 bridgehead atoms. The summed E-state index contributed by atoms with van der Waals surface area (Å²) in [5, 5.41) is 7.05. The largest absolute Gasteiger partial charge is 0.387 e. The van der Waals surface area contributed by atoms with Crippen molar-refractivity contribution >= 4 is 17.6 Å². The van der Waals surface area contributed by atoms with E-state index in [-0.39, 0.29) is 5.84 Å². The van der Waals surface area contributed by atoms with Crippen molar-refractivity contribution in [1.29, 1.82) is 5.41 Å². The van der Waals surface area contributed by atoms with E-state index in [2.05, 4.69) is 0 Å². The maximum Gasteiger partial charge on any atom is 0.288 e. The van der Waals surface area contributed by atoms with Gasteiger partial charge in [-0.25, -0.2) is 0 Å². The van der Waals surface area contributed by atoms with Crippen LogP contribution in [0.3, 0.4) is 0 Å². The summed E-state index contributed by atoms with van der Waals surface area (Å²) in [5.41, 5.74) is 6.06. The Morgan fingerprint density at radius 3 is 2.36 bits per heavy atom. The van der Waals surface area contributed by atoms with Gasteiger partial charge in [0.1, 0.15) is 0 Å². The molecule has 0 aliphatic rings. The van der Waals surface area contributed by atoms with Gasteiger partial charge in [0.05, 0.1) is 5.84 Å². The van der Waals surface area contributed by atoms with Crippen LogP contribution in [0.5, 0.6) is 0 Å². The summed E-state index contributed by atoms with van der Waals surface area (Å²) in [6.45, 7) is 0. The van der Waals surface area contributed by atoms with E-state index in [0.717, 1.165) is 5.56 Å². The number of rotatable bonds is 4. The highest BCUT2D eigenvalue weighted by atomic mass is 32.2. The Balaban J connectivity index is 2.63. The van der Waals surface area contributed by atoms with Crippen LogP contribution in [0.15, 0.2) is 29.2 Å². The topological polar surface area (TPSA) is 49.9 Å². The average Bonchev–Trinajstić information content (AvgIpc) is 2.06. The molecule has 0 saturated heterocycles. The van der Waals surface area contributed by atoms with E-state index in [0.29, 0.717) is 23.1 Å². The molecular formula is C9H10F2N2S. The number of thioether (sulfide) groups is 1. The van der Waals surface area contributed by atoms with Crippen LogP contribution in [0.1, 0.15) is 5.56 Å². The molecule has 0 atom stereocenters. The number of amidine groups is 1. The SMILES string of the molecule is N=C(N)Cc1ccc(SC(F)F)cc1. The minimum Gasteiger partial charge on any atom is -0.387 e. The van der Waals surface area contributed by atoms with E-state index in [4.69, 9.17) is 11.1 Å². The molecular weight excluding hydrogens is 206 g/mol. The van der Waals surface area contributed by atoms with Gasteiger partial charge in [0.2, 0.25) is 0 Å². The van der Waals surface area contributed by atoms with Gasteiger partial charge in [-0.3, -0.25) is 5.41 Å². The highest BCUT2D eigenvalue weighted by Gasteiger charge is 2.04. The molecule has 0 spiro atoms. The minimum atomic E-state index is -2.39. The summed E-state index contributed by atoms with van der Waals surface area (Å²) in [6.07, 6.45) is 0.361. The molecule has 0 aliphatic heterocycles. The summed E-state index contributed by atoms with van der Waals surface area (Å²) >= 11 is 0.508. The summed E-state index contributed by atoms with van der Waals surface area (Å²) in [5.74, 6) is -2.33. The quantitative estimate of drug-likeness (QED) is 0.461. The third kappa shape index (κ3) is 3.74. The van der Waals surface area contributed by atoms with Crippen LogP contribution in [0, 0.1) is 5.41 Å². The molecule has 0 radical (unpaired) electrons. The molecule has 1 aromatic rings. The van der Waals surface area contributed by atoms with E-state index in [9.17, 15) is 8.78 Å². The van der Waals surface area contributed by atoms with Crippen molar-refractivity contribution in [2.45, 2.75) is 17.1 Å². The first kappa shape index (κ1) is 11.0. The van der Waals surface area contributed by atoms with Crippen molar-refractivity contribution in [2.24, 2.45) is 5.73 Å². The number of hydrogen-bond acceptors (Lipinski definition) is 2. The fraction of sp³-hybridized carbons (Fsp3) is 0.222. The van der Waals surface area contributed by atoms with Gasteiger partial charge in [0.15, 0.2) is 0 Å². The molecule has 0 aliphatic carbocycles. The predicted octanol–water partition coefficient (Wildman–Crippen LogP) is 2.48. The molecule has 1 aromatic carbocycles. The van der Waals surface area contributed by atoms with Crippen LogP contribution in [0.4, 0.5) is 8.78 Å². The zero-order valence-electron chi connectivity index (χ0n) is 7.34. The Labute approximate surface area is 85.0 Å². The van der Waals surface area contributed by atoms with Crippen molar-refractivity contribution in [3.63, 3.8) is 0 Å². The highest BCUT2D eigenvalue weighted by molar-refractivity contribution is 7.99. The number of nitrogens with one attached hydrogen (secondary N) is 1. The van der Waals surface area contributed by atoms with Crippen LogP contribution in [0.2, 0.25) is 0 Å². The standard InChI is InChI=1S/C9H10F2N2S/c10-9(11)14-7-3-1-6(2-4-7)5-8(12)13/h1-4,9H,5H2,(H3,12,13). The maximum atomic E-state index is 11.9. The van der Waals surface area contributed by atoms with Crippen molar-refractivity contribution in [1.82, 2.24) is 0 Å². The van der Waals surface area contributed by atoms with Gasteiger partial charge >= 0.3 is 0 Å². The summed E-state index contributed by atoms with van der Waals surface area (Å²) in [6, 6.07) is 6.61. The van der Waals surface area contributed by atoms with Gasteiger partial charge in [0.25, 0.3) is 5.76 Å². The second-order valence-electron chi connectivity index (χ2n) is 2.72. The zero-order chi connectivity index (χ0) is 10.6. The molecule has 0 aromatic heterocycles. The molecule has 0 unspecified atom stereocenters. The molecule has 14 heavy (non-hydrogen) atoms. The Kier molecular flexibility index (Phi) is 3.88. The Bertz CT molecular complexity index is 311. The zero-order valence-corrected chi connectivity index (χ0v) is 8.15. The smallest absolute Gasteiger partial charge is 0.288 e. The van der Waals surface area contributed by atoms with Crippen molar-refractivity contribution in [3.8, 4) is 0 Å². The first-order chi connectivity index (χ1) is 6.58. The maximum absolute atomic E-state index is 11.9. The van der Waals surface area contributed by atoms with Gasteiger partial charge in [-0.05, 0) is 17.7 Å². The number of nitrogens with two attached hydrogens (primary N) is 1. The van der Waals surface area contributed by atoms with Crippen molar-refractivity contribution in [3.05, 3.63) is 29.8 Å². The third-order valence-electron chi connectivity index (χ3n) is 1.54. The van der Waals surface area contributed by atoms with Crippen LogP contribution >= 0.6 is 11.8 Å². The fourth-order valence-electron chi connectivity index (χ4n) is 1.01. The van der Waals surface area contributed by atoms with E-state index in [1.165, 1.54) is 0 Å². The molecule has 0 fully saturated rings. The monoisotopic (exact) mass is 216 g/mol. The lowest BCUT2D eigenvalue weighted by atomic mass is 10.1. The van der Waals surface area contributed by atoms with Crippen molar-refractivity contribution < 1.29 is 8.78 Å². The van der Waals surface area contributed by atoms with Gasteiger partial charge in [-0.15, -0.1) is 0 Å². The van der Waals surface area contributed by atoms with Crippen LogP contribution < -0.4 is 5.73 Å². The van der Waals surface area contributed by atoms with E-state index >= 15 is 0 Å². The molecule has 0 amide bonds. The first-order valence-corrected chi connectivity index (χ1v) is 4.82. The van der Waals surface area contributed by atoms with Gasteiger partial charge in [-0.1, -0.05) is 23.9 Å². The molecule has 5 heteroatoms. The molecule has 3 N–H and O–H groups in total. The summed E-state index contributed by atoms with van der Waals surface area (Å²) in [4.78, 5) is 0.521. The van der Waals surface area contributed by atoms with Crippen LogP contribution in [-0.4, -0.2) is 11.6 Å². The molecule has 76 valence electrons. The Morgan fingerprint density at radius 2 is 1.93 bits per heavy atom. The Hall–Kier alpha value is -1.10. The number of benzene rings is 1. The fourth-order valence-corrected chi connectivity index (χ4v) is 1.51. The second-order valence-corrected chi connectivity index (χ2v) is 3.79. The van der Waals surface area contributed by atoms with E-state index in [1.807, 2.05) is 0 Å². The van der Waals surface area contributed by atoms with E-state index in [1.54, 1.807) is 24.3 Å². The second kappa shape index (κ2) is 4.95. The summed E-state index contributed by atoms with van der Waals surface area (Å²) in [7, 11) is 0. The molecule has 0 saturated carbocycles. The number of alkyl halides is 2. The first-order valence-electron chi connectivity index (χ1n) is 3.94. The van der Waals surface area contributed by atoms with E-state index < -0.39 is 5.76 Å². The molecule has 0 heterocycles. The van der Waals surface area contributed by atoms with Gasteiger partial charge < -0.3 is 5.73 Å².